The number of aliphatic hydroxyl groups is 1. The standard InChI is InChI=1S/C21H36N2O2/c24-18-8-6-4-2-1-3-5-7-15-23-19-9-11-20(12-10-19)25-21-13-16-22-17-14-21/h9-12,21-24H,1-8,13-18H2. The first kappa shape index (κ1) is 20.1. The average Bonchev–Trinajstić information content (AvgIpc) is 2.65. The minimum atomic E-state index is 0.344. The average molecular weight is 349 g/mol. The smallest absolute Gasteiger partial charge is 0.119 e. The van der Waals surface area contributed by atoms with Gasteiger partial charge < -0.3 is 20.5 Å². The molecule has 0 bridgehead atoms. The number of aliphatic hydroxyl groups excluding tert-OH is 1. The summed E-state index contributed by atoms with van der Waals surface area (Å²) < 4.78 is 6.03. The van der Waals surface area contributed by atoms with Crippen LogP contribution in [0.25, 0.3) is 0 Å². The van der Waals surface area contributed by atoms with Gasteiger partial charge in [-0.2, -0.15) is 0 Å². The number of benzene rings is 1. The summed E-state index contributed by atoms with van der Waals surface area (Å²) in [5, 5.41) is 15.6. The summed E-state index contributed by atoms with van der Waals surface area (Å²) in [7, 11) is 0. The van der Waals surface area contributed by atoms with Crippen LogP contribution in [0.5, 0.6) is 5.75 Å². The minimum absolute atomic E-state index is 0.344. The van der Waals surface area contributed by atoms with Crippen LogP contribution in [0.2, 0.25) is 0 Å². The number of rotatable bonds is 13. The molecule has 1 heterocycles. The molecule has 1 aliphatic rings. The van der Waals surface area contributed by atoms with Crippen LogP contribution in [0.15, 0.2) is 24.3 Å². The van der Waals surface area contributed by atoms with E-state index >= 15 is 0 Å². The van der Waals surface area contributed by atoms with Crippen LogP contribution < -0.4 is 15.4 Å². The molecule has 1 aromatic carbocycles. The number of hydrogen-bond acceptors (Lipinski definition) is 4. The lowest BCUT2D eigenvalue weighted by Gasteiger charge is -2.23. The van der Waals surface area contributed by atoms with E-state index in [-0.39, 0.29) is 0 Å². The molecule has 3 N–H and O–H groups in total. The number of ether oxygens (including phenoxy) is 1. The molecule has 1 saturated heterocycles. The Morgan fingerprint density at radius 2 is 1.48 bits per heavy atom. The van der Waals surface area contributed by atoms with Gasteiger partial charge in [-0.05, 0) is 63.0 Å². The molecule has 0 radical (unpaired) electrons. The van der Waals surface area contributed by atoms with Gasteiger partial charge in [-0.1, -0.05) is 38.5 Å². The topological polar surface area (TPSA) is 53.5 Å². The minimum Gasteiger partial charge on any atom is -0.490 e. The Kier molecular flexibility index (Phi) is 10.4. The van der Waals surface area contributed by atoms with Crippen molar-refractivity contribution >= 4 is 5.69 Å². The maximum Gasteiger partial charge on any atom is 0.119 e. The van der Waals surface area contributed by atoms with Crippen molar-refractivity contribution in [2.45, 2.75) is 70.3 Å². The summed E-state index contributed by atoms with van der Waals surface area (Å²) in [5.74, 6) is 0.985. The number of hydrogen-bond donors (Lipinski definition) is 3. The quantitative estimate of drug-likeness (QED) is 0.464. The van der Waals surface area contributed by atoms with Gasteiger partial charge in [-0.3, -0.25) is 0 Å². The van der Waals surface area contributed by atoms with Crippen LogP contribution in [0.3, 0.4) is 0 Å². The fourth-order valence-corrected chi connectivity index (χ4v) is 3.29. The highest BCUT2D eigenvalue weighted by Gasteiger charge is 2.14. The van der Waals surface area contributed by atoms with Gasteiger partial charge in [0.15, 0.2) is 0 Å². The molecule has 0 saturated carbocycles. The van der Waals surface area contributed by atoms with Gasteiger partial charge in [-0.25, -0.2) is 0 Å². The van der Waals surface area contributed by atoms with Gasteiger partial charge in [0.25, 0.3) is 0 Å². The molecule has 2 rings (SSSR count). The number of piperidine rings is 1. The van der Waals surface area contributed by atoms with Gasteiger partial charge >= 0.3 is 0 Å². The Balaban J connectivity index is 1.48. The Labute approximate surface area is 153 Å². The van der Waals surface area contributed by atoms with E-state index in [9.17, 15) is 0 Å². The van der Waals surface area contributed by atoms with Crippen molar-refractivity contribution in [3.63, 3.8) is 0 Å². The van der Waals surface area contributed by atoms with Gasteiger partial charge in [0.05, 0.1) is 0 Å². The second-order valence-electron chi connectivity index (χ2n) is 7.07. The maximum atomic E-state index is 8.73. The van der Waals surface area contributed by atoms with E-state index in [0.29, 0.717) is 12.7 Å². The molecule has 1 fully saturated rings. The molecule has 0 aliphatic carbocycles. The van der Waals surface area contributed by atoms with Crippen LogP contribution in [-0.2, 0) is 0 Å². The van der Waals surface area contributed by atoms with Crippen LogP contribution in [0, 0.1) is 0 Å². The van der Waals surface area contributed by atoms with E-state index in [4.69, 9.17) is 9.84 Å². The molecule has 1 aromatic rings. The second-order valence-corrected chi connectivity index (χ2v) is 7.07. The number of nitrogens with one attached hydrogen (secondary N) is 2. The van der Waals surface area contributed by atoms with Gasteiger partial charge in [-0.15, -0.1) is 0 Å². The summed E-state index contributed by atoms with van der Waals surface area (Å²) in [6.07, 6.45) is 12.5. The Bertz CT molecular complexity index is 430. The molecule has 25 heavy (non-hydrogen) atoms. The molecule has 0 aromatic heterocycles. The lowest BCUT2D eigenvalue weighted by atomic mass is 10.1. The summed E-state index contributed by atoms with van der Waals surface area (Å²) >= 11 is 0. The van der Waals surface area contributed by atoms with Crippen molar-refractivity contribution in [3.05, 3.63) is 24.3 Å². The largest absolute Gasteiger partial charge is 0.490 e. The third-order valence-corrected chi connectivity index (χ3v) is 4.86. The Morgan fingerprint density at radius 1 is 0.880 bits per heavy atom. The zero-order valence-electron chi connectivity index (χ0n) is 15.6. The highest BCUT2D eigenvalue weighted by Crippen LogP contribution is 2.19. The van der Waals surface area contributed by atoms with Crippen molar-refractivity contribution in [1.29, 1.82) is 0 Å². The summed E-state index contributed by atoms with van der Waals surface area (Å²) in [6, 6.07) is 8.41. The Morgan fingerprint density at radius 3 is 2.12 bits per heavy atom. The number of anilines is 1. The van der Waals surface area contributed by atoms with E-state index in [1.807, 2.05) is 0 Å². The van der Waals surface area contributed by atoms with Crippen LogP contribution in [0.1, 0.15) is 64.2 Å². The SMILES string of the molecule is OCCCCCCCCCCNc1ccc(OC2CCNCC2)cc1. The second kappa shape index (κ2) is 13.0. The molecule has 0 amide bonds. The maximum absolute atomic E-state index is 8.73. The molecule has 0 spiro atoms. The molecule has 0 atom stereocenters. The molecule has 142 valence electrons. The van der Waals surface area contributed by atoms with Crippen molar-refractivity contribution in [2.24, 2.45) is 0 Å². The van der Waals surface area contributed by atoms with E-state index in [1.165, 1.54) is 50.6 Å². The fraction of sp³-hybridized carbons (Fsp3) is 0.714. The summed E-state index contributed by atoms with van der Waals surface area (Å²) in [6.45, 7) is 3.51. The molecule has 1 aliphatic heterocycles. The first-order valence-corrected chi connectivity index (χ1v) is 10.2. The summed E-state index contributed by atoms with van der Waals surface area (Å²) in [4.78, 5) is 0. The van der Waals surface area contributed by atoms with Crippen molar-refractivity contribution in [1.82, 2.24) is 5.32 Å². The zero-order valence-corrected chi connectivity index (χ0v) is 15.6. The predicted octanol–water partition coefficient (Wildman–Crippen LogP) is 4.34. The third kappa shape index (κ3) is 9.13. The monoisotopic (exact) mass is 348 g/mol. The summed E-state index contributed by atoms with van der Waals surface area (Å²) in [5.41, 5.74) is 1.18. The van der Waals surface area contributed by atoms with E-state index in [2.05, 4.69) is 34.9 Å². The van der Waals surface area contributed by atoms with E-state index in [0.717, 1.165) is 44.6 Å². The Hall–Kier alpha value is -1.26. The molecular weight excluding hydrogens is 312 g/mol. The first-order chi connectivity index (χ1) is 12.4. The van der Waals surface area contributed by atoms with E-state index in [1.54, 1.807) is 0 Å². The van der Waals surface area contributed by atoms with Gasteiger partial charge in [0.2, 0.25) is 0 Å². The van der Waals surface area contributed by atoms with Crippen molar-refractivity contribution in [3.8, 4) is 5.75 Å². The first-order valence-electron chi connectivity index (χ1n) is 10.2. The van der Waals surface area contributed by atoms with Crippen molar-refractivity contribution in [2.75, 3.05) is 31.6 Å². The molecule has 0 unspecified atom stereocenters. The zero-order chi connectivity index (χ0) is 17.6. The van der Waals surface area contributed by atoms with Gasteiger partial charge in [0.1, 0.15) is 11.9 Å². The van der Waals surface area contributed by atoms with E-state index < -0.39 is 0 Å². The number of unbranched alkanes of at least 4 members (excludes halogenated alkanes) is 7. The molecule has 4 nitrogen and oxygen atoms in total. The van der Waals surface area contributed by atoms with Crippen LogP contribution >= 0.6 is 0 Å². The predicted molar refractivity (Wildman–Crippen MR) is 105 cm³/mol. The third-order valence-electron chi connectivity index (χ3n) is 4.86. The van der Waals surface area contributed by atoms with Crippen LogP contribution in [-0.4, -0.2) is 37.5 Å². The normalized spacial score (nSPS) is 15.2. The van der Waals surface area contributed by atoms with Crippen LogP contribution in [0.4, 0.5) is 5.69 Å². The van der Waals surface area contributed by atoms with Crippen molar-refractivity contribution < 1.29 is 9.84 Å². The highest BCUT2D eigenvalue weighted by molar-refractivity contribution is 5.46. The lowest BCUT2D eigenvalue weighted by Crippen LogP contribution is -2.34. The highest BCUT2D eigenvalue weighted by atomic mass is 16.5. The molecular formula is C21H36N2O2. The molecule has 4 heteroatoms. The lowest BCUT2D eigenvalue weighted by molar-refractivity contribution is 0.162. The van der Waals surface area contributed by atoms with Gasteiger partial charge in [0, 0.05) is 18.8 Å². The fourth-order valence-electron chi connectivity index (χ4n) is 3.29.